The van der Waals surface area contributed by atoms with Crippen LogP contribution in [0.5, 0.6) is 0 Å². The quantitative estimate of drug-likeness (QED) is 0.503. The summed E-state index contributed by atoms with van der Waals surface area (Å²) in [5, 5.41) is 5.41. The molecule has 1 saturated heterocycles. The van der Waals surface area contributed by atoms with Gasteiger partial charge in [-0.1, -0.05) is 35.9 Å². The highest BCUT2D eigenvalue weighted by atomic mass is 35.5. The molecule has 168 valence electrons. The van der Waals surface area contributed by atoms with Gasteiger partial charge in [-0.25, -0.2) is 8.42 Å². The van der Waals surface area contributed by atoms with Gasteiger partial charge in [0.1, 0.15) is 4.21 Å². The summed E-state index contributed by atoms with van der Waals surface area (Å²) in [5.41, 5.74) is 1.60. The Morgan fingerprint density at radius 1 is 1.06 bits per heavy atom. The van der Waals surface area contributed by atoms with Crippen LogP contribution in [0.2, 0.25) is 5.02 Å². The lowest BCUT2D eigenvalue weighted by Crippen LogP contribution is -2.44. The van der Waals surface area contributed by atoms with Crippen molar-refractivity contribution in [2.75, 3.05) is 24.5 Å². The first-order valence-electron chi connectivity index (χ1n) is 10.2. The Kier molecular flexibility index (Phi) is 6.85. The number of benzene rings is 2. The first-order valence-corrected chi connectivity index (χ1v) is 12.9. The Morgan fingerprint density at radius 2 is 1.81 bits per heavy atom. The van der Waals surface area contributed by atoms with Gasteiger partial charge < -0.3 is 10.1 Å². The second-order valence-corrected chi connectivity index (χ2v) is 11.0. The molecule has 0 spiro atoms. The van der Waals surface area contributed by atoms with E-state index in [9.17, 15) is 13.2 Å². The van der Waals surface area contributed by atoms with Crippen molar-refractivity contribution in [3.8, 4) is 0 Å². The first-order chi connectivity index (χ1) is 15.4. The molecule has 32 heavy (non-hydrogen) atoms. The molecule has 2 aromatic carbocycles. The number of thiophene rings is 1. The second-order valence-electron chi connectivity index (χ2n) is 7.70. The van der Waals surface area contributed by atoms with E-state index < -0.39 is 10.0 Å². The van der Waals surface area contributed by atoms with Crippen molar-refractivity contribution in [1.82, 2.24) is 5.32 Å². The molecule has 0 saturated carbocycles. The number of hydrogen-bond donors (Lipinski definition) is 2. The lowest BCUT2D eigenvalue weighted by Gasteiger charge is -2.38. The highest BCUT2D eigenvalue weighted by molar-refractivity contribution is 7.94. The number of ether oxygens (including phenoxy) is 1. The third-order valence-corrected chi connectivity index (χ3v) is 8.66. The van der Waals surface area contributed by atoms with Crippen LogP contribution in [0, 0.1) is 0 Å². The van der Waals surface area contributed by atoms with E-state index >= 15 is 0 Å². The molecule has 9 heteroatoms. The minimum Gasteiger partial charge on any atom is -0.381 e. The molecule has 1 aromatic heterocycles. The zero-order chi connectivity index (χ0) is 22.6. The molecular formula is C23H23ClN2O4S2. The first kappa shape index (κ1) is 22.8. The topological polar surface area (TPSA) is 84.5 Å². The molecule has 0 radical (unpaired) electrons. The molecule has 0 bridgehead atoms. The van der Waals surface area contributed by atoms with E-state index in [1.807, 2.05) is 24.3 Å². The molecule has 1 aliphatic rings. The average molecular weight is 491 g/mol. The fourth-order valence-electron chi connectivity index (χ4n) is 3.83. The number of amides is 1. The fourth-order valence-corrected chi connectivity index (χ4v) is 6.00. The number of rotatable bonds is 7. The smallest absolute Gasteiger partial charge is 0.271 e. The molecule has 0 unspecified atom stereocenters. The fraction of sp³-hybridized carbons (Fsp3) is 0.261. The van der Waals surface area contributed by atoms with E-state index in [-0.39, 0.29) is 15.5 Å². The SMILES string of the molecule is O=C(NCC1(c2ccc(Cl)cc2)CCOCC1)c1cccc(NS(=O)(=O)c2cccs2)c1. The van der Waals surface area contributed by atoms with Crippen LogP contribution >= 0.6 is 22.9 Å². The van der Waals surface area contributed by atoms with Crippen molar-refractivity contribution in [1.29, 1.82) is 0 Å². The summed E-state index contributed by atoms with van der Waals surface area (Å²) >= 11 is 7.19. The maximum atomic E-state index is 12.9. The van der Waals surface area contributed by atoms with Crippen LogP contribution in [-0.2, 0) is 20.2 Å². The van der Waals surface area contributed by atoms with Crippen LogP contribution in [0.3, 0.4) is 0 Å². The van der Waals surface area contributed by atoms with Gasteiger partial charge in [-0.3, -0.25) is 9.52 Å². The van der Waals surface area contributed by atoms with Crippen LogP contribution in [0.25, 0.3) is 0 Å². The maximum absolute atomic E-state index is 12.9. The summed E-state index contributed by atoms with van der Waals surface area (Å²) in [4.78, 5) is 12.9. The molecule has 1 fully saturated rings. The Hall–Kier alpha value is -2.39. The van der Waals surface area contributed by atoms with Gasteiger partial charge in [-0.05, 0) is 60.2 Å². The third kappa shape index (κ3) is 5.15. The molecule has 6 nitrogen and oxygen atoms in total. The van der Waals surface area contributed by atoms with Crippen molar-refractivity contribution >= 4 is 44.6 Å². The number of carbonyl (C=O) groups excluding carboxylic acids is 1. The molecule has 1 aliphatic heterocycles. The predicted octanol–water partition coefficient (Wildman–Crippen LogP) is 4.68. The minimum atomic E-state index is -3.68. The van der Waals surface area contributed by atoms with Crippen molar-refractivity contribution in [2.24, 2.45) is 0 Å². The van der Waals surface area contributed by atoms with E-state index in [4.69, 9.17) is 16.3 Å². The monoisotopic (exact) mass is 490 g/mol. The highest BCUT2D eigenvalue weighted by Crippen LogP contribution is 2.35. The summed E-state index contributed by atoms with van der Waals surface area (Å²) in [6.07, 6.45) is 1.57. The van der Waals surface area contributed by atoms with Crippen LogP contribution in [0.15, 0.2) is 70.3 Å². The summed E-state index contributed by atoms with van der Waals surface area (Å²) in [6, 6.07) is 17.4. The molecule has 2 heterocycles. The summed E-state index contributed by atoms with van der Waals surface area (Å²) < 4.78 is 33.3. The van der Waals surface area contributed by atoms with Crippen LogP contribution in [0.1, 0.15) is 28.8 Å². The van der Waals surface area contributed by atoms with E-state index in [0.29, 0.717) is 36.0 Å². The van der Waals surface area contributed by atoms with E-state index in [2.05, 4.69) is 10.0 Å². The lowest BCUT2D eigenvalue weighted by molar-refractivity contribution is 0.0487. The standard InChI is InChI=1S/C23H23ClN2O4S2/c24-19-8-6-18(7-9-19)23(10-12-30-13-11-23)16-25-22(27)17-3-1-4-20(15-17)26-32(28,29)21-5-2-14-31-21/h1-9,14-15,26H,10-13,16H2,(H,25,27). The van der Waals surface area contributed by atoms with Gasteiger partial charge in [0, 0.05) is 41.4 Å². The Balaban J connectivity index is 1.48. The number of hydrogen-bond acceptors (Lipinski definition) is 5. The zero-order valence-corrected chi connectivity index (χ0v) is 19.6. The second kappa shape index (κ2) is 9.62. The summed E-state index contributed by atoms with van der Waals surface area (Å²) in [5.74, 6) is -0.262. The van der Waals surface area contributed by atoms with Crippen molar-refractivity contribution in [3.63, 3.8) is 0 Å². The number of sulfonamides is 1. The molecule has 2 N–H and O–H groups in total. The Labute approximate surface area is 196 Å². The van der Waals surface area contributed by atoms with Gasteiger partial charge in [0.2, 0.25) is 0 Å². The number of nitrogens with one attached hydrogen (secondary N) is 2. The molecule has 0 aliphatic carbocycles. The van der Waals surface area contributed by atoms with Crippen LogP contribution in [0.4, 0.5) is 5.69 Å². The maximum Gasteiger partial charge on any atom is 0.271 e. The van der Waals surface area contributed by atoms with Crippen molar-refractivity contribution in [2.45, 2.75) is 22.5 Å². The summed E-state index contributed by atoms with van der Waals surface area (Å²) in [7, 11) is -3.68. The van der Waals surface area contributed by atoms with Gasteiger partial charge in [0.05, 0.1) is 0 Å². The molecule has 3 aromatic rings. The third-order valence-electron chi connectivity index (χ3n) is 5.63. The van der Waals surface area contributed by atoms with Crippen molar-refractivity contribution < 1.29 is 17.9 Å². The molecule has 0 atom stereocenters. The molecule has 4 rings (SSSR count). The lowest BCUT2D eigenvalue weighted by atomic mass is 9.74. The molecular weight excluding hydrogens is 468 g/mol. The number of anilines is 1. The minimum absolute atomic E-state index is 0.219. The highest BCUT2D eigenvalue weighted by Gasteiger charge is 2.35. The van der Waals surface area contributed by atoms with Gasteiger partial charge in [0.25, 0.3) is 15.9 Å². The van der Waals surface area contributed by atoms with E-state index in [1.54, 1.807) is 35.7 Å². The van der Waals surface area contributed by atoms with Crippen LogP contribution < -0.4 is 10.0 Å². The molecule has 1 amide bonds. The zero-order valence-electron chi connectivity index (χ0n) is 17.2. The van der Waals surface area contributed by atoms with Crippen LogP contribution in [-0.4, -0.2) is 34.1 Å². The van der Waals surface area contributed by atoms with E-state index in [0.717, 1.165) is 29.7 Å². The van der Waals surface area contributed by atoms with Gasteiger partial charge in [-0.15, -0.1) is 11.3 Å². The Morgan fingerprint density at radius 3 is 2.50 bits per heavy atom. The largest absolute Gasteiger partial charge is 0.381 e. The van der Waals surface area contributed by atoms with E-state index in [1.165, 1.54) is 6.07 Å². The Bertz CT molecular complexity index is 1170. The van der Waals surface area contributed by atoms with Gasteiger partial charge in [-0.2, -0.15) is 0 Å². The average Bonchev–Trinajstić information content (AvgIpc) is 3.35. The predicted molar refractivity (Wildman–Crippen MR) is 127 cm³/mol. The van der Waals surface area contributed by atoms with Gasteiger partial charge in [0.15, 0.2) is 0 Å². The normalized spacial score (nSPS) is 15.8. The number of carbonyl (C=O) groups is 1. The van der Waals surface area contributed by atoms with Crippen molar-refractivity contribution in [3.05, 3.63) is 82.2 Å². The summed E-state index contributed by atoms with van der Waals surface area (Å²) in [6.45, 7) is 1.69. The number of halogens is 1. The van der Waals surface area contributed by atoms with Gasteiger partial charge >= 0.3 is 0 Å².